The van der Waals surface area contributed by atoms with E-state index in [1.54, 1.807) is 12.3 Å². The number of aromatic nitrogens is 2. The molecule has 146 valence electrons. The van der Waals surface area contributed by atoms with Crippen molar-refractivity contribution in [1.29, 1.82) is 0 Å². The Balaban J connectivity index is 1.62. The average Bonchev–Trinajstić information content (AvgIpc) is 2.62. The molecule has 0 unspecified atom stereocenters. The topological polar surface area (TPSA) is 38.2 Å². The zero-order chi connectivity index (χ0) is 19.4. The van der Waals surface area contributed by atoms with Gasteiger partial charge in [0.2, 0.25) is 0 Å². The summed E-state index contributed by atoms with van der Waals surface area (Å²) in [7, 11) is 0. The summed E-state index contributed by atoms with van der Waals surface area (Å²) in [6.45, 7) is 6.80. The molecule has 7 heteroatoms. The van der Waals surface area contributed by atoms with Gasteiger partial charge in [-0.2, -0.15) is 13.2 Å². The molecule has 0 amide bonds. The molecular weight excluding hydrogens is 355 g/mol. The van der Waals surface area contributed by atoms with Crippen molar-refractivity contribution in [3.05, 3.63) is 59.2 Å². The third kappa shape index (κ3) is 5.49. The Labute approximate surface area is 157 Å². The predicted molar refractivity (Wildman–Crippen MR) is 96.3 cm³/mol. The molecular formula is C20H24F3N3O. The highest BCUT2D eigenvalue weighted by molar-refractivity contribution is 5.26. The van der Waals surface area contributed by atoms with Gasteiger partial charge in [-0.3, -0.25) is 4.90 Å². The summed E-state index contributed by atoms with van der Waals surface area (Å²) in [6.07, 6.45) is -2.22. The quantitative estimate of drug-likeness (QED) is 0.785. The lowest BCUT2D eigenvalue weighted by atomic mass is 10.0. The molecule has 1 atom stereocenters. The largest absolute Gasteiger partial charge is 0.416 e. The van der Waals surface area contributed by atoms with Crippen LogP contribution in [0.1, 0.15) is 42.4 Å². The molecule has 1 aromatic heterocycles. The zero-order valence-electron chi connectivity index (χ0n) is 15.5. The number of morpholine rings is 1. The van der Waals surface area contributed by atoms with Crippen LogP contribution in [-0.2, 0) is 23.9 Å². The summed E-state index contributed by atoms with van der Waals surface area (Å²) in [6, 6.07) is 7.38. The van der Waals surface area contributed by atoms with Crippen molar-refractivity contribution in [2.75, 3.05) is 19.7 Å². The normalized spacial score (nSPS) is 18.8. The van der Waals surface area contributed by atoms with Gasteiger partial charge in [-0.1, -0.05) is 32.0 Å². The van der Waals surface area contributed by atoms with Gasteiger partial charge in [-0.05, 0) is 24.1 Å². The molecule has 2 heterocycles. The Morgan fingerprint density at radius 3 is 2.81 bits per heavy atom. The second-order valence-corrected chi connectivity index (χ2v) is 7.19. The highest BCUT2D eigenvalue weighted by Crippen LogP contribution is 2.30. The van der Waals surface area contributed by atoms with E-state index in [1.165, 1.54) is 12.1 Å². The molecule has 3 rings (SSSR count). The Morgan fingerprint density at radius 1 is 1.26 bits per heavy atom. The van der Waals surface area contributed by atoms with Crippen molar-refractivity contribution in [2.24, 2.45) is 0 Å². The number of ether oxygens (including phenoxy) is 1. The van der Waals surface area contributed by atoms with E-state index in [4.69, 9.17) is 4.74 Å². The molecule has 27 heavy (non-hydrogen) atoms. The Morgan fingerprint density at radius 2 is 2.07 bits per heavy atom. The van der Waals surface area contributed by atoms with Crippen LogP contribution in [0.4, 0.5) is 13.2 Å². The molecule has 4 nitrogen and oxygen atoms in total. The monoisotopic (exact) mass is 379 g/mol. The lowest BCUT2D eigenvalue weighted by Crippen LogP contribution is -2.43. The SMILES string of the molecule is CC(C)c1nccc(CN2CCO[C@H](Cc3cccc(C(F)(F)F)c3)C2)n1. The maximum Gasteiger partial charge on any atom is 0.416 e. The first-order valence-electron chi connectivity index (χ1n) is 9.13. The number of hydrogen-bond donors (Lipinski definition) is 0. The van der Waals surface area contributed by atoms with Gasteiger partial charge >= 0.3 is 6.18 Å². The Kier molecular flexibility index (Phi) is 6.11. The second-order valence-electron chi connectivity index (χ2n) is 7.19. The Hall–Kier alpha value is -1.99. The first-order valence-corrected chi connectivity index (χ1v) is 9.13. The maximum absolute atomic E-state index is 12.9. The number of nitrogens with zero attached hydrogens (tertiary/aromatic N) is 3. The minimum atomic E-state index is -4.32. The van der Waals surface area contributed by atoms with Gasteiger partial charge in [0.15, 0.2) is 0 Å². The maximum atomic E-state index is 12.9. The smallest absolute Gasteiger partial charge is 0.375 e. The van der Waals surface area contributed by atoms with Crippen LogP contribution in [0.5, 0.6) is 0 Å². The van der Waals surface area contributed by atoms with Crippen molar-refractivity contribution in [1.82, 2.24) is 14.9 Å². The molecule has 1 saturated heterocycles. The molecule has 0 bridgehead atoms. The zero-order valence-corrected chi connectivity index (χ0v) is 15.5. The van der Waals surface area contributed by atoms with Gasteiger partial charge in [0, 0.05) is 31.7 Å². The molecule has 1 aliphatic rings. The fraction of sp³-hybridized carbons (Fsp3) is 0.500. The number of hydrogen-bond acceptors (Lipinski definition) is 4. The summed E-state index contributed by atoms with van der Waals surface area (Å²) in [5, 5.41) is 0. The van der Waals surface area contributed by atoms with E-state index in [2.05, 4.69) is 28.7 Å². The molecule has 0 spiro atoms. The molecule has 2 aromatic rings. The number of halogens is 3. The van der Waals surface area contributed by atoms with E-state index >= 15 is 0 Å². The van der Waals surface area contributed by atoms with Crippen LogP contribution in [0.25, 0.3) is 0 Å². The Bertz CT molecular complexity index is 764. The fourth-order valence-corrected chi connectivity index (χ4v) is 3.19. The molecule has 1 aliphatic heterocycles. The molecule has 0 N–H and O–H groups in total. The van der Waals surface area contributed by atoms with Crippen LogP contribution in [0.3, 0.4) is 0 Å². The highest BCUT2D eigenvalue weighted by atomic mass is 19.4. The third-order valence-electron chi connectivity index (χ3n) is 4.57. The third-order valence-corrected chi connectivity index (χ3v) is 4.57. The van der Waals surface area contributed by atoms with Gasteiger partial charge in [-0.15, -0.1) is 0 Å². The van der Waals surface area contributed by atoms with Gasteiger partial charge in [0.05, 0.1) is 24.0 Å². The van der Waals surface area contributed by atoms with Crippen LogP contribution in [0.15, 0.2) is 36.5 Å². The van der Waals surface area contributed by atoms with Crippen LogP contribution in [0, 0.1) is 0 Å². The number of rotatable bonds is 5. The van der Waals surface area contributed by atoms with Crippen LogP contribution in [0.2, 0.25) is 0 Å². The van der Waals surface area contributed by atoms with E-state index in [0.717, 1.165) is 24.1 Å². The standard InChI is InChI=1S/C20H24F3N3O/c1-14(2)19-24-7-6-17(25-19)12-26-8-9-27-18(13-26)11-15-4-3-5-16(10-15)20(21,22)23/h3-7,10,14,18H,8-9,11-13H2,1-2H3/t18-/m1/s1. The van der Waals surface area contributed by atoms with Crippen LogP contribution >= 0.6 is 0 Å². The molecule has 0 radical (unpaired) electrons. The van der Waals surface area contributed by atoms with Gasteiger partial charge in [-0.25, -0.2) is 9.97 Å². The molecule has 1 aromatic carbocycles. The van der Waals surface area contributed by atoms with E-state index in [1.807, 2.05) is 6.07 Å². The summed E-state index contributed by atoms with van der Waals surface area (Å²) in [5.41, 5.74) is 0.976. The number of benzene rings is 1. The van der Waals surface area contributed by atoms with Crippen LogP contribution in [-0.4, -0.2) is 40.7 Å². The highest BCUT2D eigenvalue weighted by Gasteiger charge is 2.30. The van der Waals surface area contributed by atoms with E-state index < -0.39 is 11.7 Å². The average molecular weight is 379 g/mol. The first kappa shape index (κ1) is 19.8. The van der Waals surface area contributed by atoms with Gasteiger partial charge in [0.25, 0.3) is 0 Å². The summed E-state index contributed by atoms with van der Waals surface area (Å²) >= 11 is 0. The van der Waals surface area contributed by atoms with Crippen LogP contribution < -0.4 is 0 Å². The van der Waals surface area contributed by atoms with Gasteiger partial charge in [0.1, 0.15) is 5.82 Å². The molecule has 0 aliphatic carbocycles. The van der Waals surface area contributed by atoms with E-state index in [-0.39, 0.29) is 12.0 Å². The van der Waals surface area contributed by atoms with Crippen molar-refractivity contribution < 1.29 is 17.9 Å². The molecule has 1 fully saturated rings. The number of alkyl halides is 3. The lowest BCUT2D eigenvalue weighted by molar-refractivity contribution is -0.137. The summed E-state index contributed by atoms with van der Waals surface area (Å²) < 4.78 is 44.4. The summed E-state index contributed by atoms with van der Waals surface area (Å²) in [5.74, 6) is 1.09. The van der Waals surface area contributed by atoms with Gasteiger partial charge < -0.3 is 4.74 Å². The van der Waals surface area contributed by atoms with Crippen molar-refractivity contribution in [3.63, 3.8) is 0 Å². The van der Waals surface area contributed by atoms with Crippen molar-refractivity contribution in [2.45, 2.75) is 45.0 Å². The summed E-state index contributed by atoms with van der Waals surface area (Å²) in [4.78, 5) is 11.1. The van der Waals surface area contributed by atoms with E-state index in [9.17, 15) is 13.2 Å². The van der Waals surface area contributed by atoms with Crippen molar-refractivity contribution >= 4 is 0 Å². The lowest BCUT2D eigenvalue weighted by Gasteiger charge is -2.33. The van der Waals surface area contributed by atoms with Crippen molar-refractivity contribution in [3.8, 4) is 0 Å². The second kappa shape index (κ2) is 8.35. The minimum absolute atomic E-state index is 0.131. The van der Waals surface area contributed by atoms with E-state index in [0.29, 0.717) is 31.7 Å². The molecule has 0 saturated carbocycles. The minimum Gasteiger partial charge on any atom is -0.375 e. The fourth-order valence-electron chi connectivity index (χ4n) is 3.19. The first-order chi connectivity index (χ1) is 12.8. The predicted octanol–water partition coefficient (Wildman–Crippen LogP) is 4.06.